The first kappa shape index (κ1) is 14.6. The lowest BCUT2D eigenvalue weighted by Crippen LogP contribution is -2.25. The Morgan fingerprint density at radius 2 is 2.44 bits per heavy atom. The average molecular weight is 266 g/mol. The average Bonchev–Trinajstić information content (AvgIpc) is 2.71. The Morgan fingerprint density at radius 3 is 3.06 bits per heavy atom. The van der Waals surface area contributed by atoms with Crippen LogP contribution in [0, 0.1) is 6.92 Å². The minimum absolute atomic E-state index is 0.139. The molecule has 18 heavy (non-hydrogen) atoms. The fraction of sp³-hybridized carbons (Fsp3) is 0.385. The van der Waals surface area contributed by atoms with Gasteiger partial charge in [0.15, 0.2) is 0 Å². The van der Waals surface area contributed by atoms with E-state index in [9.17, 15) is 4.79 Å². The predicted octanol–water partition coefficient (Wildman–Crippen LogP) is 2.17. The van der Waals surface area contributed by atoms with Gasteiger partial charge in [0.2, 0.25) is 5.91 Å². The summed E-state index contributed by atoms with van der Waals surface area (Å²) in [7, 11) is 0. The van der Waals surface area contributed by atoms with Crippen LogP contribution < -0.4 is 5.32 Å². The van der Waals surface area contributed by atoms with Gasteiger partial charge >= 0.3 is 0 Å². The molecule has 0 saturated heterocycles. The number of ether oxygens (including phenoxy) is 1. The quantitative estimate of drug-likeness (QED) is 0.467. The van der Waals surface area contributed by atoms with Crippen LogP contribution in [0.5, 0.6) is 0 Å². The Morgan fingerprint density at radius 1 is 1.67 bits per heavy atom. The molecule has 0 saturated carbocycles. The molecule has 4 nitrogen and oxygen atoms in total. The van der Waals surface area contributed by atoms with Crippen molar-refractivity contribution in [3.8, 4) is 0 Å². The lowest BCUT2D eigenvalue weighted by atomic mass is 10.4. The van der Waals surface area contributed by atoms with Crippen LogP contribution in [0.1, 0.15) is 17.6 Å². The zero-order chi connectivity index (χ0) is 13.4. The highest BCUT2D eigenvalue weighted by molar-refractivity contribution is 7.09. The van der Waals surface area contributed by atoms with Crippen molar-refractivity contribution in [1.29, 1.82) is 0 Å². The number of hydrogen-bond donors (Lipinski definition) is 1. The van der Waals surface area contributed by atoms with Crippen molar-refractivity contribution in [1.82, 2.24) is 10.3 Å². The number of nitrogens with zero attached hydrogens (tertiary/aromatic N) is 1. The molecule has 1 N–H and O–H groups in total. The van der Waals surface area contributed by atoms with E-state index >= 15 is 0 Å². The van der Waals surface area contributed by atoms with Gasteiger partial charge in [-0.15, -0.1) is 11.3 Å². The molecule has 5 heteroatoms. The molecule has 1 rings (SSSR count). The molecule has 98 valence electrons. The van der Waals surface area contributed by atoms with Crippen molar-refractivity contribution >= 4 is 23.3 Å². The van der Waals surface area contributed by atoms with E-state index in [-0.39, 0.29) is 5.91 Å². The highest BCUT2D eigenvalue weighted by Crippen LogP contribution is 2.08. The Bertz CT molecular complexity index is 438. The van der Waals surface area contributed by atoms with Crippen LogP contribution in [0.15, 0.2) is 23.6 Å². The van der Waals surface area contributed by atoms with Crippen LogP contribution in [-0.4, -0.2) is 30.6 Å². The van der Waals surface area contributed by atoms with Gasteiger partial charge in [0.1, 0.15) is 0 Å². The van der Waals surface area contributed by atoms with Gasteiger partial charge in [-0.05, 0) is 19.9 Å². The van der Waals surface area contributed by atoms with E-state index in [4.69, 9.17) is 4.74 Å². The number of thiazole rings is 1. The predicted molar refractivity (Wildman–Crippen MR) is 74.5 cm³/mol. The van der Waals surface area contributed by atoms with Crippen molar-refractivity contribution in [2.45, 2.75) is 13.8 Å². The summed E-state index contributed by atoms with van der Waals surface area (Å²) >= 11 is 1.56. The monoisotopic (exact) mass is 266 g/mol. The standard InChI is InChI=1S/C13H18N2O2S/c1-10(2)8-17-7-6-14-13(16)5-4-12-9-18-11(3)15-12/h4-5,9H,1,6-8H2,2-3H3,(H,14,16)/b5-4+. The van der Waals surface area contributed by atoms with Gasteiger partial charge in [-0.25, -0.2) is 4.98 Å². The number of carbonyl (C=O) groups is 1. The third-order valence-corrected chi connectivity index (χ3v) is 2.73. The third-order valence-electron chi connectivity index (χ3n) is 1.94. The highest BCUT2D eigenvalue weighted by atomic mass is 32.1. The second-order valence-electron chi connectivity index (χ2n) is 3.93. The molecule has 0 unspecified atom stereocenters. The molecule has 0 aliphatic rings. The first-order valence-corrected chi connectivity index (χ1v) is 6.56. The van der Waals surface area contributed by atoms with Crippen molar-refractivity contribution in [2.75, 3.05) is 19.8 Å². The summed E-state index contributed by atoms with van der Waals surface area (Å²) in [4.78, 5) is 15.7. The molecule has 1 aromatic heterocycles. The number of aromatic nitrogens is 1. The van der Waals surface area contributed by atoms with Gasteiger partial charge < -0.3 is 10.1 Å². The molecule has 0 spiro atoms. The normalized spacial score (nSPS) is 10.8. The second kappa shape index (κ2) is 7.79. The van der Waals surface area contributed by atoms with Crippen LogP contribution >= 0.6 is 11.3 Å². The van der Waals surface area contributed by atoms with Crippen molar-refractivity contribution in [3.63, 3.8) is 0 Å². The minimum Gasteiger partial charge on any atom is -0.375 e. The third kappa shape index (κ3) is 6.32. The fourth-order valence-corrected chi connectivity index (χ4v) is 1.75. The summed E-state index contributed by atoms with van der Waals surface area (Å²) in [5.41, 5.74) is 1.78. The van der Waals surface area contributed by atoms with Gasteiger partial charge in [0, 0.05) is 18.0 Å². The summed E-state index contributed by atoms with van der Waals surface area (Å²) in [6.45, 7) is 9.07. The van der Waals surface area contributed by atoms with Crippen LogP contribution in [0.3, 0.4) is 0 Å². The number of amides is 1. The summed E-state index contributed by atoms with van der Waals surface area (Å²) < 4.78 is 5.26. The Labute approximate surface area is 111 Å². The maximum absolute atomic E-state index is 11.4. The van der Waals surface area contributed by atoms with E-state index in [1.54, 1.807) is 17.4 Å². The van der Waals surface area contributed by atoms with E-state index in [0.717, 1.165) is 16.3 Å². The van der Waals surface area contributed by atoms with Gasteiger partial charge in [-0.2, -0.15) is 0 Å². The van der Waals surface area contributed by atoms with Crippen LogP contribution in [0.4, 0.5) is 0 Å². The number of carbonyl (C=O) groups excluding carboxylic acids is 1. The molecule has 0 aliphatic carbocycles. The Hall–Kier alpha value is -1.46. The molecule has 0 fully saturated rings. The zero-order valence-electron chi connectivity index (χ0n) is 10.7. The highest BCUT2D eigenvalue weighted by Gasteiger charge is 1.97. The topological polar surface area (TPSA) is 51.2 Å². The molecule has 0 aromatic carbocycles. The summed E-state index contributed by atoms with van der Waals surface area (Å²) in [6, 6.07) is 0. The van der Waals surface area contributed by atoms with Gasteiger partial charge in [0.25, 0.3) is 0 Å². The number of hydrogen-bond acceptors (Lipinski definition) is 4. The van der Waals surface area contributed by atoms with Crippen molar-refractivity contribution in [3.05, 3.63) is 34.3 Å². The molecule has 0 atom stereocenters. The summed E-state index contributed by atoms with van der Waals surface area (Å²) in [5, 5.41) is 5.63. The zero-order valence-corrected chi connectivity index (χ0v) is 11.5. The molecule has 1 aromatic rings. The lowest BCUT2D eigenvalue weighted by molar-refractivity contribution is -0.116. The smallest absolute Gasteiger partial charge is 0.244 e. The summed E-state index contributed by atoms with van der Waals surface area (Å²) in [5.74, 6) is -0.139. The van der Waals surface area contributed by atoms with E-state index in [1.807, 2.05) is 19.2 Å². The molecule has 0 aliphatic heterocycles. The van der Waals surface area contributed by atoms with Crippen molar-refractivity contribution in [2.24, 2.45) is 0 Å². The number of rotatable bonds is 7. The first-order chi connectivity index (χ1) is 8.58. The first-order valence-electron chi connectivity index (χ1n) is 5.68. The largest absolute Gasteiger partial charge is 0.375 e. The van der Waals surface area contributed by atoms with E-state index in [0.29, 0.717) is 19.8 Å². The SMILES string of the molecule is C=C(C)COCCNC(=O)/C=C/c1csc(C)n1. The van der Waals surface area contributed by atoms with Crippen LogP contribution in [0.2, 0.25) is 0 Å². The molecule has 0 radical (unpaired) electrons. The van der Waals surface area contributed by atoms with E-state index < -0.39 is 0 Å². The Kier molecular flexibility index (Phi) is 6.32. The van der Waals surface area contributed by atoms with Gasteiger partial charge in [-0.3, -0.25) is 4.79 Å². The van der Waals surface area contributed by atoms with Crippen LogP contribution in [-0.2, 0) is 9.53 Å². The molecule has 0 bridgehead atoms. The van der Waals surface area contributed by atoms with E-state index in [2.05, 4.69) is 16.9 Å². The lowest BCUT2D eigenvalue weighted by Gasteiger charge is -2.03. The second-order valence-corrected chi connectivity index (χ2v) is 4.99. The molecular formula is C13H18N2O2S. The fourth-order valence-electron chi connectivity index (χ4n) is 1.17. The molecule has 1 amide bonds. The summed E-state index contributed by atoms with van der Waals surface area (Å²) in [6.07, 6.45) is 3.18. The van der Waals surface area contributed by atoms with Gasteiger partial charge in [-0.1, -0.05) is 12.2 Å². The van der Waals surface area contributed by atoms with Gasteiger partial charge in [0.05, 0.1) is 23.9 Å². The number of nitrogens with one attached hydrogen (secondary N) is 1. The number of aryl methyl sites for hydroxylation is 1. The minimum atomic E-state index is -0.139. The van der Waals surface area contributed by atoms with Crippen LogP contribution in [0.25, 0.3) is 6.08 Å². The maximum Gasteiger partial charge on any atom is 0.244 e. The maximum atomic E-state index is 11.4. The Balaban J connectivity index is 2.17. The molecule has 1 heterocycles. The van der Waals surface area contributed by atoms with Crippen molar-refractivity contribution < 1.29 is 9.53 Å². The van der Waals surface area contributed by atoms with E-state index in [1.165, 1.54) is 6.08 Å². The molecular weight excluding hydrogens is 248 g/mol.